The first-order valence-electron chi connectivity index (χ1n) is 8.19. The van der Waals surface area contributed by atoms with Crippen LogP contribution in [-0.2, 0) is 16.0 Å². The van der Waals surface area contributed by atoms with Gasteiger partial charge in [-0.25, -0.2) is 4.68 Å². The number of rotatable bonds is 6. The van der Waals surface area contributed by atoms with Gasteiger partial charge in [-0.15, -0.1) is 0 Å². The first-order chi connectivity index (χ1) is 11.7. The Balaban J connectivity index is 1.62. The van der Waals surface area contributed by atoms with E-state index in [4.69, 9.17) is 4.74 Å². The minimum atomic E-state index is -0.203. The Morgan fingerprint density at radius 2 is 2.08 bits per heavy atom. The second-order valence-electron chi connectivity index (χ2n) is 5.56. The zero-order chi connectivity index (χ0) is 16.8. The van der Waals surface area contributed by atoms with Crippen molar-refractivity contribution < 1.29 is 9.53 Å². The third-order valence-electron chi connectivity index (χ3n) is 3.71. The highest BCUT2D eigenvalue weighted by Crippen LogP contribution is 2.19. The van der Waals surface area contributed by atoms with Crippen molar-refractivity contribution in [3.8, 4) is 0 Å². The van der Waals surface area contributed by atoms with Crippen LogP contribution in [0.3, 0.4) is 0 Å². The molecule has 1 aromatic carbocycles. The van der Waals surface area contributed by atoms with E-state index >= 15 is 0 Å². The Morgan fingerprint density at radius 3 is 2.79 bits per heavy atom. The monoisotopic (exact) mass is 323 g/mol. The van der Waals surface area contributed by atoms with Gasteiger partial charge in [-0.2, -0.15) is 5.10 Å². The van der Waals surface area contributed by atoms with Crippen LogP contribution in [0.2, 0.25) is 0 Å². The molecule has 3 rings (SSSR count). The molecule has 1 N–H and O–H groups in total. The van der Waals surface area contributed by atoms with Gasteiger partial charge in [-0.05, 0) is 43.5 Å². The van der Waals surface area contributed by atoms with Gasteiger partial charge in [0.25, 0.3) is 0 Å². The van der Waals surface area contributed by atoms with Crippen LogP contribution in [0, 0.1) is 0 Å². The lowest BCUT2D eigenvalue weighted by Gasteiger charge is -2.07. The predicted octanol–water partition coefficient (Wildman–Crippen LogP) is 3.92. The Morgan fingerprint density at radius 1 is 1.25 bits per heavy atom. The maximum atomic E-state index is 11.5. The van der Waals surface area contributed by atoms with Crippen LogP contribution in [0.4, 0.5) is 11.5 Å². The predicted molar refractivity (Wildman–Crippen MR) is 94.9 cm³/mol. The summed E-state index contributed by atoms with van der Waals surface area (Å²) in [6, 6.07) is 9.65. The van der Waals surface area contributed by atoms with Gasteiger partial charge in [0, 0.05) is 18.0 Å². The molecular formula is C19H21N3O2. The second kappa shape index (κ2) is 7.64. The van der Waals surface area contributed by atoms with Gasteiger partial charge in [0.05, 0.1) is 18.7 Å². The number of allylic oxidation sites excluding steroid dienone is 4. The van der Waals surface area contributed by atoms with Crippen LogP contribution >= 0.6 is 0 Å². The van der Waals surface area contributed by atoms with E-state index in [2.05, 4.69) is 28.6 Å². The van der Waals surface area contributed by atoms with E-state index in [-0.39, 0.29) is 5.97 Å². The van der Waals surface area contributed by atoms with Crippen LogP contribution in [-0.4, -0.2) is 22.4 Å². The Bertz CT molecular complexity index is 757. The summed E-state index contributed by atoms with van der Waals surface area (Å²) in [5, 5.41) is 7.81. The van der Waals surface area contributed by atoms with Crippen LogP contribution in [0.25, 0.3) is 5.70 Å². The van der Waals surface area contributed by atoms with E-state index in [1.807, 2.05) is 48.1 Å². The summed E-state index contributed by atoms with van der Waals surface area (Å²) in [4.78, 5) is 11.5. The van der Waals surface area contributed by atoms with Crippen molar-refractivity contribution in [2.24, 2.45) is 0 Å². The Kier molecular flexibility index (Phi) is 5.11. The number of esters is 1. The molecule has 2 aromatic rings. The molecule has 1 aromatic heterocycles. The number of ether oxygens (including phenoxy) is 1. The Hall–Kier alpha value is -2.82. The highest BCUT2D eigenvalue weighted by Gasteiger charge is 2.06. The summed E-state index contributed by atoms with van der Waals surface area (Å²) in [5.74, 6) is 0.582. The standard InChI is InChI=1S/C19H21N3O2/c1-2-24-19(23)14-15-8-10-16(11-9-15)20-18-12-13-22(21-18)17-6-4-3-5-7-17/h4,6-13H,2-3,5,14H2,1H3,(H,20,21). The van der Waals surface area contributed by atoms with Crippen molar-refractivity contribution in [2.75, 3.05) is 11.9 Å². The van der Waals surface area contributed by atoms with E-state index in [1.165, 1.54) is 0 Å². The number of nitrogens with zero attached hydrogens (tertiary/aromatic N) is 2. The molecule has 1 aliphatic carbocycles. The topological polar surface area (TPSA) is 56.1 Å². The zero-order valence-corrected chi connectivity index (χ0v) is 13.7. The number of benzene rings is 1. The van der Waals surface area contributed by atoms with Crippen molar-refractivity contribution in [1.82, 2.24) is 9.78 Å². The molecule has 1 heterocycles. The van der Waals surface area contributed by atoms with Crippen LogP contribution < -0.4 is 5.32 Å². The van der Waals surface area contributed by atoms with Crippen LogP contribution in [0.1, 0.15) is 25.3 Å². The second-order valence-corrected chi connectivity index (χ2v) is 5.56. The van der Waals surface area contributed by atoms with Crippen molar-refractivity contribution in [3.05, 3.63) is 60.3 Å². The number of carbonyl (C=O) groups excluding carboxylic acids is 1. The molecule has 0 amide bonds. The van der Waals surface area contributed by atoms with Gasteiger partial charge in [0.2, 0.25) is 0 Å². The first-order valence-corrected chi connectivity index (χ1v) is 8.19. The fraction of sp³-hybridized carbons (Fsp3) is 0.263. The first kappa shape index (κ1) is 16.1. The average molecular weight is 323 g/mol. The largest absolute Gasteiger partial charge is 0.466 e. The maximum absolute atomic E-state index is 11.5. The molecule has 0 atom stereocenters. The normalized spacial score (nSPS) is 13.5. The fourth-order valence-electron chi connectivity index (χ4n) is 2.54. The SMILES string of the molecule is CCOC(=O)Cc1ccc(Nc2ccn(C3=CCCC=C3)n2)cc1. The van der Waals surface area contributed by atoms with Gasteiger partial charge < -0.3 is 10.1 Å². The summed E-state index contributed by atoms with van der Waals surface area (Å²) in [6.07, 6.45) is 10.8. The van der Waals surface area contributed by atoms with Gasteiger partial charge in [0.15, 0.2) is 5.82 Å². The molecule has 0 saturated heterocycles. The number of carbonyl (C=O) groups is 1. The van der Waals surface area contributed by atoms with Crippen LogP contribution in [0.5, 0.6) is 0 Å². The van der Waals surface area contributed by atoms with Crippen molar-refractivity contribution >= 4 is 23.2 Å². The highest BCUT2D eigenvalue weighted by atomic mass is 16.5. The smallest absolute Gasteiger partial charge is 0.310 e. The van der Waals surface area contributed by atoms with E-state index in [9.17, 15) is 4.79 Å². The van der Waals surface area contributed by atoms with E-state index in [0.717, 1.165) is 35.6 Å². The summed E-state index contributed by atoms with van der Waals surface area (Å²) in [5.41, 5.74) is 2.96. The van der Waals surface area contributed by atoms with E-state index in [0.29, 0.717) is 13.0 Å². The molecule has 1 aliphatic rings. The van der Waals surface area contributed by atoms with Gasteiger partial charge >= 0.3 is 5.97 Å². The number of aromatic nitrogens is 2. The maximum Gasteiger partial charge on any atom is 0.310 e. The molecule has 124 valence electrons. The number of hydrogen-bond donors (Lipinski definition) is 1. The van der Waals surface area contributed by atoms with Crippen LogP contribution in [0.15, 0.2) is 54.8 Å². The molecule has 0 fully saturated rings. The lowest BCUT2D eigenvalue weighted by atomic mass is 10.1. The van der Waals surface area contributed by atoms with Crippen molar-refractivity contribution in [2.45, 2.75) is 26.2 Å². The summed E-state index contributed by atoms with van der Waals surface area (Å²) < 4.78 is 6.82. The Labute approximate surface area is 141 Å². The van der Waals surface area contributed by atoms with Gasteiger partial charge in [-0.1, -0.05) is 24.3 Å². The number of anilines is 2. The highest BCUT2D eigenvalue weighted by molar-refractivity contribution is 5.73. The molecule has 24 heavy (non-hydrogen) atoms. The van der Waals surface area contributed by atoms with Gasteiger partial charge in [-0.3, -0.25) is 4.79 Å². The number of nitrogens with one attached hydrogen (secondary N) is 1. The summed E-state index contributed by atoms with van der Waals surface area (Å²) in [7, 11) is 0. The third-order valence-corrected chi connectivity index (χ3v) is 3.71. The van der Waals surface area contributed by atoms with Gasteiger partial charge in [0.1, 0.15) is 0 Å². The quantitative estimate of drug-likeness (QED) is 0.819. The van der Waals surface area contributed by atoms with Crippen molar-refractivity contribution in [1.29, 1.82) is 0 Å². The minimum absolute atomic E-state index is 0.203. The molecule has 0 radical (unpaired) electrons. The number of hydrogen-bond acceptors (Lipinski definition) is 4. The molecule has 0 saturated carbocycles. The molecule has 0 spiro atoms. The molecule has 0 unspecified atom stereocenters. The average Bonchev–Trinajstić information content (AvgIpc) is 3.06. The fourth-order valence-corrected chi connectivity index (χ4v) is 2.54. The summed E-state index contributed by atoms with van der Waals surface area (Å²) in [6.45, 7) is 2.22. The molecule has 5 heteroatoms. The minimum Gasteiger partial charge on any atom is -0.466 e. The molecule has 5 nitrogen and oxygen atoms in total. The third kappa shape index (κ3) is 4.13. The van der Waals surface area contributed by atoms with E-state index in [1.54, 1.807) is 0 Å². The van der Waals surface area contributed by atoms with E-state index < -0.39 is 0 Å². The van der Waals surface area contributed by atoms with Crippen molar-refractivity contribution in [3.63, 3.8) is 0 Å². The lowest BCUT2D eigenvalue weighted by Crippen LogP contribution is -2.07. The molecule has 0 bridgehead atoms. The summed E-state index contributed by atoms with van der Waals surface area (Å²) >= 11 is 0. The molecular weight excluding hydrogens is 302 g/mol. The lowest BCUT2D eigenvalue weighted by molar-refractivity contribution is -0.142. The molecule has 0 aliphatic heterocycles. The zero-order valence-electron chi connectivity index (χ0n) is 13.7.